The maximum atomic E-state index is 12.6. The number of rotatable bonds is 3. The van der Waals surface area contributed by atoms with Crippen LogP contribution >= 0.6 is 0 Å². The number of aryl methyl sites for hydroxylation is 1. The molecule has 0 aromatic heterocycles. The summed E-state index contributed by atoms with van der Waals surface area (Å²) >= 11 is 0. The minimum Gasteiger partial charge on any atom is -0.396 e. The summed E-state index contributed by atoms with van der Waals surface area (Å²) in [4.78, 5) is 4.47. The summed E-state index contributed by atoms with van der Waals surface area (Å²) in [6.07, 6.45) is -4.51. The molecule has 0 N–H and O–H groups in total. The highest BCUT2D eigenvalue weighted by atomic mass is 19.4. The number of hydrogen-bond acceptors (Lipinski definition) is 2. The molecule has 0 bridgehead atoms. The molecule has 1 aromatic rings. The molecule has 88 valence electrons. The van der Waals surface area contributed by atoms with Crippen molar-refractivity contribution in [1.82, 2.24) is 0 Å². The van der Waals surface area contributed by atoms with Crippen LogP contribution in [-0.2, 0) is 4.84 Å². The zero-order valence-electron chi connectivity index (χ0n) is 9.01. The lowest BCUT2D eigenvalue weighted by atomic mass is 10.1. The van der Waals surface area contributed by atoms with E-state index >= 15 is 0 Å². The van der Waals surface area contributed by atoms with Crippen LogP contribution in [0.5, 0.6) is 0 Å². The summed E-state index contributed by atoms with van der Waals surface area (Å²) in [5, 5.41) is 3.11. The van der Waals surface area contributed by atoms with E-state index < -0.39 is 11.9 Å². The lowest BCUT2D eigenvalue weighted by Crippen LogP contribution is -2.24. The van der Waals surface area contributed by atoms with Crippen LogP contribution in [-0.4, -0.2) is 18.5 Å². The highest BCUT2D eigenvalue weighted by molar-refractivity contribution is 6.04. The van der Waals surface area contributed by atoms with E-state index in [1.54, 1.807) is 26.0 Å². The van der Waals surface area contributed by atoms with E-state index in [1.165, 1.54) is 12.1 Å². The lowest BCUT2D eigenvalue weighted by Gasteiger charge is -2.10. The fourth-order valence-corrected chi connectivity index (χ4v) is 1.11. The van der Waals surface area contributed by atoms with Gasteiger partial charge < -0.3 is 4.84 Å². The molecule has 16 heavy (non-hydrogen) atoms. The third kappa shape index (κ3) is 3.25. The lowest BCUT2D eigenvalue weighted by molar-refractivity contribution is -0.0613. The minimum atomic E-state index is -4.51. The van der Waals surface area contributed by atoms with Crippen molar-refractivity contribution in [2.45, 2.75) is 20.0 Å². The van der Waals surface area contributed by atoms with E-state index in [1.807, 2.05) is 0 Å². The van der Waals surface area contributed by atoms with Crippen LogP contribution < -0.4 is 0 Å². The number of nitrogens with zero attached hydrogens (tertiary/aromatic N) is 1. The third-order valence-corrected chi connectivity index (χ3v) is 1.88. The van der Waals surface area contributed by atoms with E-state index in [0.717, 1.165) is 5.56 Å². The first kappa shape index (κ1) is 12.5. The van der Waals surface area contributed by atoms with Crippen molar-refractivity contribution in [3.63, 3.8) is 0 Å². The van der Waals surface area contributed by atoms with Crippen molar-refractivity contribution in [1.29, 1.82) is 0 Å². The summed E-state index contributed by atoms with van der Waals surface area (Å²) in [6.45, 7) is 3.48. The average Bonchev–Trinajstić information content (AvgIpc) is 2.19. The number of alkyl halides is 3. The van der Waals surface area contributed by atoms with Crippen molar-refractivity contribution < 1.29 is 18.0 Å². The largest absolute Gasteiger partial charge is 0.437 e. The molecule has 5 heteroatoms. The van der Waals surface area contributed by atoms with Crippen molar-refractivity contribution in [2.24, 2.45) is 5.16 Å². The molecule has 1 rings (SSSR count). The Bertz CT molecular complexity index is 368. The molecule has 0 aliphatic carbocycles. The van der Waals surface area contributed by atoms with Crippen LogP contribution in [0.2, 0.25) is 0 Å². The Kier molecular flexibility index (Phi) is 3.93. The quantitative estimate of drug-likeness (QED) is 0.577. The topological polar surface area (TPSA) is 21.6 Å². The van der Waals surface area contributed by atoms with Gasteiger partial charge in [-0.3, -0.25) is 0 Å². The van der Waals surface area contributed by atoms with Gasteiger partial charge in [0.2, 0.25) is 0 Å². The maximum absolute atomic E-state index is 12.6. The number of benzene rings is 1. The normalized spacial score (nSPS) is 12.7. The van der Waals surface area contributed by atoms with Crippen molar-refractivity contribution in [2.75, 3.05) is 6.61 Å². The van der Waals surface area contributed by atoms with Gasteiger partial charge in [0.05, 0.1) is 0 Å². The Morgan fingerprint density at radius 2 is 1.81 bits per heavy atom. The highest BCUT2D eigenvalue weighted by Gasteiger charge is 2.37. The summed E-state index contributed by atoms with van der Waals surface area (Å²) < 4.78 is 37.9. The van der Waals surface area contributed by atoms with Gasteiger partial charge in [-0.15, -0.1) is 0 Å². The standard InChI is InChI=1S/C11H12F3NO/c1-3-16-15-10(11(12,13)14)9-6-4-8(2)5-7-9/h4-7H,3H2,1-2H3/b15-10+. The van der Waals surface area contributed by atoms with E-state index in [0.29, 0.717) is 0 Å². The van der Waals surface area contributed by atoms with Gasteiger partial charge in [0.15, 0.2) is 5.71 Å². The molecule has 0 saturated carbocycles. The van der Waals surface area contributed by atoms with Crippen LogP contribution in [0.25, 0.3) is 0 Å². The number of halogens is 3. The molecule has 0 spiro atoms. The monoisotopic (exact) mass is 231 g/mol. The minimum absolute atomic E-state index is 0.00606. The van der Waals surface area contributed by atoms with Gasteiger partial charge >= 0.3 is 6.18 Å². The third-order valence-electron chi connectivity index (χ3n) is 1.88. The van der Waals surface area contributed by atoms with Gasteiger partial charge in [0.25, 0.3) is 0 Å². The molecule has 0 saturated heterocycles. The second-order valence-corrected chi connectivity index (χ2v) is 3.22. The Balaban J connectivity index is 3.07. The fourth-order valence-electron chi connectivity index (χ4n) is 1.11. The first-order valence-corrected chi connectivity index (χ1v) is 4.79. The van der Waals surface area contributed by atoms with Crippen molar-refractivity contribution in [3.8, 4) is 0 Å². The molecule has 0 aliphatic heterocycles. The fraction of sp³-hybridized carbons (Fsp3) is 0.364. The van der Waals surface area contributed by atoms with Crippen molar-refractivity contribution >= 4 is 5.71 Å². The predicted molar refractivity (Wildman–Crippen MR) is 55.4 cm³/mol. The Hall–Kier alpha value is -1.52. The van der Waals surface area contributed by atoms with E-state index in [2.05, 4.69) is 9.99 Å². The summed E-state index contributed by atoms with van der Waals surface area (Å²) in [5.41, 5.74) is -0.109. The summed E-state index contributed by atoms with van der Waals surface area (Å²) in [6, 6.07) is 5.95. The molecule has 0 fully saturated rings. The first-order valence-electron chi connectivity index (χ1n) is 4.79. The molecular formula is C11H12F3NO. The smallest absolute Gasteiger partial charge is 0.396 e. The van der Waals surface area contributed by atoms with Crippen molar-refractivity contribution in [3.05, 3.63) is 35.4 Å². The van der Waals surface area contributed by atoms with Crippen LogP contribution in [0.15, 0.2) is 29.4 Å². The van der Waals surface area contributed by atoms with Gasteiger partial charge in [-0.2, -0.15) is 13.2 Å². The highest BCUT2D eigenvalue weighted by Crippen LogP contribution is 2.23. The Labute approximate surface area is 91.7 Å². The molecule has 0 heterocycles. The van der Waals surface area contributed by atoms with Crippen LogP contribution in [0.3, 0.4) is 0 Å². The molecule has 1 aromatic carbocycles. The van der Waals surface area contributed by atoms with Gasteiger partial charge in [-0.1, -0.05) is 35.0 Å². The predicted octanol–water partition coefficient (Wildman–Crippen LogP) is 3.30. The number of oxime groups is 1. The molecule has 0 atom stereocenters. The second kappa shape index (κ2) is 5.01. The van der Waals surface area contributed by atoms with Gasteiger partial charge in [0.1, 0.15) is 6.61 Å². The summed E-state index contributed by atoms with van der Waals surface area (Å²) in [5.74, 6) is 0. The molecule has 2 nitrogen and oxygen atoms in total. The maximum Gasteiger partial charge on any atom is 0.437 e. The SMILES string of the molecule is CCO/N=C(\c1ccc(C)cc1)C(F)(F)F. The Morgan fingerprint density at radius 3 is 2.25 bits per heavy atom. The average molecular weight is 231 g/mol. The van der Waals surface area contributed by atoms with Gasteiger partial charge in [-0.25, -0.2) is 0 Å². The summed E-state index contributed by atoms with van der Waals surface area (Å²) in [7, 11) is 0. The first-order chi connectivity index (χ1) is 7.45. The van der Waals surface area contributed by atoms with Crippen LogP contribution in [0.1, 0.15) is 18.1 Å². The van der Waals surface area contributed by atoms with Crippen LogP contribution in [0.4, 0.5) is 13.2 Å². The molecule has 0 aliphatic rings. The molecule has 0 unspecified atom stereocenters. The van der Waals surface area contributed by atoms with E-state index in [4.69, 9.17) is 0 Å². The zero-order valence-corrected chi connectivity index (χ0v) is 9.01. The van der Waals surface area contributed by atoms with Gasteiger partial charge in [0, 0.05) is 5.56 Å². The Morgan fingerprint density at radius 1 is 1.25 bits per heavy atom. The molecular weight excluding hydrogens is 219 g/mol. The zero-order chi connectivity index (χ0) is 12.2. The number of hydrogen-bond donors (Lipinski definition) is 0. The molecule has 0 amide bonds. The van der Waals surface area contributed by atoms with Crippen LogP contribution in [0, 0.1) is 6.92 Å². The van der Waals surface area contributed by atoms with E-state index in [-0.39, 0.29) is 12.2 Å². The molecule has 0 radical (unpaired) electrons. The van der Waals surface area contributed by atoms with Gasteiger partial charge in [-0.05, 0) is 13.8 Å². The second-order valence-electron chi connectivity index (χ2n) is 3.22. The van der Waals surface area contributed by atoms with E-state index in [9.17, 15) is 13.2 Å².